The van der Waals surface area contributed by atoms with Crippen molar-refractivity contribution < 1.29 is 22.9 Å². The second-order valence-corrected chi connectivity index (χ2v) is 9.58. The van der Waals surface area contributed by atoms with Crippen molar-refractivity contribution in [1.82, 2.24) is 5.43 Å². The number of anilines is 1. The van der Waals surface area contributed by atoms with Gasteiger partial charge in [-0.25, -0.2) is 13.8 Å². The van der Waals surface area contributed by atoms with Crippen LogP contribution in [0.25, 0.3) is 0 Å². The Labute approximate surface area is 207 Å². The number of carbonyl (C=O) groups excluding carboxylic acids is 1. The summed E-state index contributed by atoms with van der Waals surface area (Å²) in [7, 11) is -2.80. The first-order chi connectivity index (χ1) is 16.6. The Bertz CT molecular complexity index is 1380. The molecule has 0 fully saturated rings. The van der Waals surface area contributed by atoms with Crippen molar-refractivity contribution in [2.24, 2.45) is 5.10 Å². The van der Waals surface area contributed by atoms with E-state index in [-0.39, 0.29) is 22.0 Å². The summed E-state index contributed by atoms with van der Waals surface area (Å²) in [5.74, 6) is -0.658. The molecule has 0 aliphatic rings. The van der Waals surface area contributed by atoms with Gasteiger partial charge in [0.25, 0.3) is 15.9 Å². The molecule has 1 N–H and O–H groups in total. The van der Waals surface area contributed by atoms with Gasteiger partial charge >= 0.3 is 5.69 Å². The number of ether oxygens (including phenoxy) is 1. The molecule has 0 spiro atoms. The zero-order valence-electron chi connectivity index (χ0n) is 18.7. The minimum Gasteiger partial charge on any atom is -0.490 e. The van der Waals surface area contributed by atoms with Crippen molar-refractivity contribution >= 4 is 45.1 Å². The van der Waals surface area contributed by atoms with Gasteiger partial charge in [-0.2, -0.15) is 5.10 Å². The van der Waals surface area contributed by atoms with Crippen LogP contribution in [0.1, 0.15) is 11.1 Å². The van der Waals surface area contributed by atoms with Crippen LogP contribution in [0.2, 0.25) is 5.02 Å². The molecule has 0 bridgehead atoms. The van der Waals surface area contributed by atoms with Gasteiger partial charge in [-0.15, -0.1) is 0 Å². The third-order valence-electron chi connectivity index (χ3n) is 4.79. The van der Waals surface area contributed by atoms with Crippen LogP contribution >= 0.6 is 11.6 Å². The van der Waals surface area contributed by atoms with Crippen molar-refractivity contribution in [3.8, 4) is 5.75 Å². The summed E-state index contributed by atoms with van der Waals surface area (Å²) in [6, 6.07) is 16.5. The molecule has 1 amide bonds. The van der Waals surface area contributed by atoms with Gasteiger partial charge in [0.2, 0.25) is 0 Å². The van der Waals surface area contributed by atoms with Gasteiger partial charge in [0.15, 0.2) is 5.75 Å². The van der Waals surface area contributed by atoms with Gasteiger partial charge in [0.1, 0.15) is 6.54 Å². The summed E-state index contributed by atoms with van der Waals surface area (Å²) in [6.45, 7) is 1.24. The van der Waals surface area contributed by atoms with Crippen LogP contribution in [0.4, 0.5) is 11.4 Å². The van der Waals surface area contributed by atoms with E-state index in [1.165, 1.54) is 55.8 Å². The van der Waals surface area contributed by atoms with Gasteiger partial charge in [0.05, 0.1) is 28.8 Å². The summed E-state index contributed by atoms with van der Waals surface area (Å²) < 4.78 is 32.5. The lowest BCUT2D eigenvalue weighted by atomic mass is 10.2. The van der Waals surface area contributed by atoms with Gasteiger partial charge < -0.3 is 4.74 Å². The van der Waals surface area contributed by atoms with E-state index in [1.807, 2.05) is 6.92 Å². The van der Waals surface area contributed by atoms with Crippen molar-refractivity contribution in [3.63, 3.8) is 0 Å². The molecular weight excluding hydrogens is 496 g/mol. The first kappa shape index (κ1) is 25.7. The first-order valence-corrected chi connectivity index (χ1v) is 11.9. The number of nitro groups is 1. The fraction of sp³-hybridized carbons (Fsp3) is 0.130. The topological polar surface area (TPSA) is 131 Å². The number of nitro benzene ring substituents is 1. The van der Waals surface area contributed by atoms with Gasteiger partial charge in [0, 0.05) is 16.7 Å². The zero-order chi connectivity index (χ0) is 25.6. The van der Waals surface area contributed by atoms with Crippen LogP contribution in [0.3, 0.4) is 0 Å². The Morgan fingerprint density at radius 3 is 2.51 bits per heavy atom. The maximum absolute atomic E-state index is 13.3. The number of amides is 1. The molecule has 182 valence electrons. The van der Waals surface area contributed by atoms with Crippen LogP contribution in [-0.2, 0) is 14.8 Å². The highest BCUT2D eigenvalue weighted by molar-refractivity contribution is 7.92. The smallest absolute Gasteiger partial charge is 0.311 e. The summed E-state index contributed by atoms with van der Waals surface area (Å²) in [4.78, 5) is 23.2. The van der Waals surface area contributed by atoms with E-state index < -0.39 is 27.4 Å². The number of rotatable bonds is 9. The lowest BCUT2D eigenvalue weighted by Crippen LogP contribution is -2.39. The van der Waals surface area contributed by atoms with Crippen LogP contribution in [0.5, 0.6) is 5.75 Å². The van der Waals surface area contributed by atoms with E-state index in [9.17, 15) is 23.3 Å². The van der Waals surface area contributed by atoms with Crippen molar-refractivity contribution in [1.29, 1.82) is 0 Å². The Kier molecular flexibility index (Phi) is 8.05. The number of hydrogen-bond acceptors (Lipinski definition) is 7. The summed E-state index contributed by atoms with van der Waals surface area (Å²) >= 11 is 6.05. The lowest BCUT2D eigenvalue weighted by Gasteiger charge is -2.24. The highest BCUT2D eigenvalue weighted by Gasteiger charge is 2.27. The SMILES string of the molecule is COc1ccc(/C=N/NC(=O)CN(c2cccc(Cl)c2)S(=O)(=O)c2ccc(C)cc2)cc1[N+](=O)[O-]. The monoisotopic (exact) mass is 516 g/mol. The zero-order valence-corrected chi connectivity index (χ0v) is 20.3. The molecule has 0 aromatic heterocycles. The third kappa shape index (κ3) is 6.34. The highest BCUT2D eigenvalue weighted by Crippen LogP contribution is 2.27. The minimum absolute atomic E-state index is 0.00455. The second kappa shape index (κ2) is 11.0. The Morgan fingerprint density at radius 2 is 1.89 bits per heavy atom. The van der Waals surface area contributed by atoms with Crippen LogP contribution in [-0.4, -0.2) is 39.1 Å². The van der Waals surface area contributed by atoms with Crippen LogP contribution < -0.4 is 14.5 Å². The minimum atomic E-state index is -4.11. The van der Waals surface area contributed by atoms with Gasteiger partial charge in [-0.3, -0.25) is 19.2 Å². The van der Waals surface area contributed by atoms with Crippen molar-refractivity contribution in [3.05, 3.63) is 93.0 Å². The molecule has 0 unspecified atom stereocenters. The second-order valence-electron chi connectivity index (χ2n) is 7.29. The van der Waals surface area contributed by atoms with Crippen molar-refractivity contribution in [2.75, 3.05) is 18.0 Å². The molecule has 0 aliphatic carbocycles. The largest absolute Gasteiger partial charge is 0.490 e. The number of carbonyl (C=O) groups is 1. The molecule has 10 nitrogen and oxygen atoms in total. The Hall–Kier alpha value is -3.96. The molecule has 3 rings (SSSR count). The molecule has 0 atom stereocenters. The molecule has 12 heteroatoms. The first-order valence-electron chi connectivity index (χ1n) is 10.1. The molecule has 0 saturated heterocycles. The molecule has 35 heavy (non-hydrogen) atoms. The molecule has 3 aromatic rings. The van der Waals surface area contributed by atoms with Crippen molar-refractivity contribution in [2.45, 2.75) is 11.8 Å². The molecule has 0 aliphatic heterocycles. The summed E-state index contributed by atoms with van der Waals surface area (Å²) in [5, 5.41) is 15.3. The van der Waals surface area contributed by atoms with E-state index in [2.05, 4.69) is 10.5 Å². The predicted octanol–water partition coefficient (Wildman–Crippen LogP) is 3.91. The molecule has 0 heterocycles. The van der Waals surface area contributed by atoms with E-state index in [4.69, 9.17) is 16.3 Å². The fourth-order valence-corrected chi connectivity index (χ4v) is 4.66. The average molecular weight is 517 g/mol. The number of aryl methyl sites for hydroxylation is 1. The van der Waals surface area contributed by atoms with Crippen LogP contribution in [0, 0.1) is 17.0 Å². The number of halogens is 1. The number of sulfonamides is 1. The quantitative estimate of drug-likeness (QED) is 0.260. The van der Waals surface area contributed by atoms with E-state index >= 15 is 0 Å². The van der Waals surface area contributed by atoms with Crippen LogP contribution in [0.15, 0.2) is 76.7 Å². The number of methoxy groups -OCH3 is 1. The maximum atomic E-state index is 13.3. The van der Waals surface area contributed by atoms with E-state index in [1.54, 1.807) is 24.3 Å². The summed E-state index contributed by atoms with van der Waals surface area (Å²) in [6.07, 6.45) is 1.20. The predicted molar refractivity (Wildman–Crippen MR) is 133 cm³/mol. The fourth-order valence-electron chi connectivity index (χ4n) is 3.06. The average Bonchev–Trinajstić information content (AvgIpc) is 2.82. The molecular formula is C23H21ClN4O6S. The number of hydrogen-bond donors (Lipinski definition) is 1. The number of nitrogens with zero attached hydrogens (tertiary/aromatic N) is 3. The maximum Gasteiger partial charge on any atom is 0.311 e. The highest BCUT2D eigenvalue weighted by atomic mass is 35.5. The number of nitrogens with one attached hydrogen (secondary N) is 1. The Balaban J connectivity index is 1.83. The van der Waals surface area contributed by atoms with E-state index in [0.29, 0.717) is 10.6 Å². The third-order valence-corrected chi connectivity index (χ3v) is 6.82. The standard InChI is InChI=1S/C23H21ClN4O6S/c1-16-6-9-20(10-7-16)35(32,33)27(19-5-3-4-18(24)13-19)15-23(29)26-25-14-17-8-11-22(34-2)21(12-17)28(30)31/h3-14H,15H2,1-2H3,(H,26,29)/b25-14+. The summed E-state index contributed by atoms with van der Waals surface area (Å²) in [5.41, 5.74) is 3.39. The number of benzene rings is 3. The molecule has 0 saturated carbocycles. The normalized spacial score (nSPS) is 11.3. The molecule has 3 aromatic carbocycles. The Morgan fingerprint density at radius 1 is 1.17 bits per heavy atom. The lowest BCUT2D eigenvalue weighted by molar-refractivity contribution is -0.385. The molecule has 0 radical (unpaired) electrons. The van der Waals surface area contributed by atoms with Gasteiger partial charge in [-0.05, 0) is 49.4 Å². The van der Waals surface area contributed by atoms with E-state index in [0.717, 1.165) is 9.87 Å². The van der Waals surface area contributed by atoms with Gasteiger partial charge in [-0.1, -0.05) is 35.4 Å². The number of hydrazone groups is 1.